The molecule has 0 aliphatic carbocycles. The second-order valence-electron chi connectivity index (χ2n) is 5.44. The zero-order valence-electron chi connectivity index (χ0n) is 11.1. The van der Waals surface area contributed by atoms with Gasteiger partial charge in [0.05, 0.1) is 21.8 Å². The van der Waals surface area contributed by atoms with Crippen molar-refractivity contribution in [3.05, 3.63) is 49.9 Å². The maximum Gasteiger partial charge on any atom is 0.114 e. The van der Waals surface area contributed by atoms with Crippen LogP contribution in [0.1, 0.15) is 43.1 Å². The third-order valence-electron chi connectivity index (χ3n) is 2.87. The molecule has 2 aromatic rings. The van der Waals surface area contributed by atoms with Crippen molar-refractivity contribution in [1.29, 1.82) is 0 Å². The summed E-state index contributed by atoms with van der Waals surface area (Å²) in [5.74, 6) is 0. The summed E-state index contributed by atoms with van der Waals surface area (Å²) < 4.78 is 0. The Morgan fingerprint density at radius 1 is 1.26 bits per heavy atom. The van der Waals surface area contributed by atoms with Gasteiger partial charge in [0.25, 0.3) is 0 Å². The van der Waals surface area contributed by atoms with Crippen LogP contribution in [0.25, 0.3) is 0 Å². The number of thiazole rings is 1. The van der Waals surface area contributed by atoms with Crippen molar-refractivity contribution in [2.24, 2.45) is 5.73 Å². The second-order valence-corrected chi connectivity index (χ2v) is 7.12. The Morgan fingerprint density at radius 2 is 1.95 bits per heavy atom. The minimum Gasteiger partial charge on any atom is -0.318 e. The van der Waals surface area contributed by atoms with Crippen molar-refractivity contribution in [1.82, 2.24) is 4.98 Å². The smallest absolute Gasteiger partial charge is 0.114 e. The van der Waals surface area contributed by atoms with E-state index in [1.165, 1.54) is 0 Å². The van der Waals surface area contributed by atoms with E-state index in [4.69, 9.17) is 28.9 Å². The number of nitrogens with two attached hydrogens (primary N) is 1. The van der Waals surface area contributed by atoms with Gasteiger partial charge in [-0.15, -0.1) is 11.3 Å². The van der Waals surface area contributed by atoms with Crippen molar-refractivity contribution in [3.63, 3.8) is 0 Å². The van der Waals surface area contributed by atoms with E-state index < -0.39 is 0 Å². The highest BCUT2D eigenvalue weighted by Gasteiger charge is 2.22. The third kappa shape index (κ3) is 3.11. The van der Waals surface area contributed by atoms with E-state index in [9.17, 15) is 0 Å². The predicted molar refractivity (Wildman–Crippen MR) is 83.3 cm³/mol. The third-order valence-corrected chi connectivity index (χ3v) is 4.63. The number of aromatic nitrogens is 1. The fourth-order valence-corrected chi connectivity index (χ4v) is 3.16. The molecule has 0 fully saturated rings. The molecule has 2 nitrogen and oxygen atoms in total. The molecule has 0 aliphatic rings. The van der Waals surface area contributed by atoms with E-state index in [0.717, 1.165) is 16.3 Å². The van der Waals surface area contributed by atoms with Crippen LogP contribution in [0.15, 0.2) is 23.6 Å². The minimum atomic E-state index is -0.340. The molecule has 0 aliphatic heterocycles. The van der Waals surface area contributed by atoms with E-state index in [1.54, 1.807) is 17.4 Å². The first-order valence-electron chi connectivity index (χ1n) is 5.96. The maximum absolute atomic E-state index is 6.25. The van der Waals surface area contributed by atoms with E-state index >= 15 is 0 Å². The van der Waals surface area contributed by atoms with Gasteiger partial charge < -0.3 is 5.73 Å². The normalized spacial score (nSPS) is 13.6. The first kappa shape index (κ1) is 14.8. The van der Waals surface area contributed by atoms with Gasteiger partial charge in [0.15, 0.2) is 0 Å². The van der Waals surface area contributed by atoms with E-state index in [1.807, 2.05) is 17.5 Å². The van der Waals surface area contributed by atoms with E-state index in [0.29, 0.717) is 10.0 Å². The van der Waals surface area contributed by atoms with Crippen molar-refractivity contribution in [2.45, 2.75) is 32.2 Å². The highest BCUT2D eigenvalue weighted by atomic mass is 35.5. The molecule has 19 heavy (non-hydrogen) atoms. The lowest BCUT2D eigenvalue weighted by Crippen LogP contribution is -2.15. The molecule has 0 radical (unpaired) electrons. The number of nitrogens with zero attached hydrogens (tertiary/aromatic N) is 1. The summed E-state index contributed by atoms with van der Waals surface area (Å²) in [6.45, 7) is 6.39. The Hall–Kier alpha value is -0.610. The molecule has 0 bridgehead atoms. The molecule has 1 heterocycles. The molecule has 0 saturated carbocycles. The zero-order chi connectivity index (χ0) is 14.2. The molecule has 2 N–H and O–H groups in total. The summed E-state index contributed by atoms with van der Waals surface area (Å²) in [7, 11) is 0. The van der Waals surface area contributed by atoms with Gasteiger partial charge in [-0.25, -0.2) is 4.98 Å². The van der Waals surface area contributed by atoms with Gasteiger partial charge in [0.2, 0.25) is 0 Å². The van der Waals surface area contributed by atoms with Crippen molar-refractivity contribution in [2.75, 3.05) is 0 Å². The van der Waals surface area contributed by atoms with E-state index in [2.05, 4.69) is 25.8 Å². The summed E-state index contributed by atoms with van der Waals surface area (Å²) in [6.07, 6.45) is 0. The molecular formula is C14H16Cl2N2S. The first-order valence-corrected chi connectivity index (χ1v) is 7.59. The highest BCUT2D eigenvalue weighted by Crippen LogP contribution is 2.34. The lowest BCUT2D eigenvalue weighted by molar-refractivity contribution is 0.569. The molecule has 1 aromatic carbocycles. The molecular weight excluding hydrogens is 299 g/mol. The van der Waals surface area contributed by atoms with Gasteiger partial charge in [-0.3, -0.25) is 0 Å². The Morgan fingerprint density at radius 3 is 2.53 bits per heavy atom. The van der Waals surface area contributed by atoms with Crippen LogP contribution in [0, 0.1) is 0 Å². The number of hydrogen-bond donors (Lipinski definition) is 1. The van der Waals surface area contributed by atoms with Crippen molar-refractivity contribution < 1.29 is 0 Å². The number of benzene rings is 1. The molecule has 0 spiro atoms. The van der Waals surface area contributed by atoms with Crippen LogP contribution in [-0.2, 0) is 5.41 Å². The highest BCUT2D eigenvalue weighted by molar-refractivity contribution is 7.09. The lowest BCUT2D eigenvalue weighted by Gasteiger charge is -2.15. The topological polar surface area (TPSA) is 38.9 Å². The molecule has 5 heteroatoms. The van der Waals surface area contributed by atoms with Crippen LogP contribution in [0.5, 0.6) is 0 Å². The Kier molecular flexibility index (Phi) is 4.21. The Balaban J connectivity index is 2.37. The van der Waals surface area contributed by atoms with Crippen LogP contribution in [-0.4, -0.2) is 4.98 Å². The monoisotopic (exact) mass is 314 g/mol. The largest absolute Gasteiger partial charge is 0.318 e. The molecule has 1 unspecified atom stereocenters. The predicted octanol–water partition coefficient (Wildman–Crippen LogP) is 4.80. The van der Waals surface area contributed by atoms with E-state index in [-0.39, 0.29) is 11.5 Å². The van der Waals surface area contributed by atoms with Crippen molar-refractivity contribution in [3.8, 4) is 0 Å². The van der Waals surface area contributed by atoms with Crippen LogP contribution in [0.4, 0.5) is 0 Å². The maximum atomic E-state index is 6.25. The number of hydrogen-bond acceptors (Lipinski definition) is 3. The van der Waals surface area contributed by atoms with Crippen LogP contribution < -0.4 is 5.73 Å². The molecule has 2 rings (SSSR count). The molecule has 0 amide bonds. The lowest BCUT2D eigenvalue weighted by atomic mass is 9.93. The van der Waals surface area contributed by atoms with Crippen molar-refractivity contribution >= 4 is 34.5 Å². The van der Waals surface area contributed by atoms with Gasteiger partial charge >= 0.3 is 0 Å². The summed E-state index contributed by atoms with van der Waals surface area (Å²) in [4.78, 5) is 4.62. The second kappa shape index (κ2) is 5.41. The summed E-state index contributed by atoms with van der Waals surface area (Å²) in [6, 6.07) is 5.15. The average molecular weight is 315 g/mol. The number of rotatable bonds is 2. The van der Waals surface area contributed by atoms with Crippen LogP contribution in [0.2, 0.25) is 10.0 Å². The molecule has 1 aromatic heterocycles. The number of halogens is 2. The summed E-state index contributed by atoms with van der Waals surface area (Å²) >= 11 is 13.8. The van der Waals surface area contributed by atoms with Gasteiger partial charge in [-0.1, -0.05) is 56.1 Å². The standard InChI is InChI=1S/C14H16Cl2N2S/c1-14(2,3)10-7-19-13(18-10)12(17)8-5-4-6-9(15)11(8)16/h4-7,12H,17H2,1-3H3. The fraction of sp³-hybridized carbons (Fsp3) is 0.357. The molecule has 0 saturated heterocycles. The Bertz CT molecular complexity index is 587. The molecule has 102 valence electrons. The van der Waals surface area contributed by atoms with Crippen LogP contribution in [0.3, 0.4) is 0 Å². The fourth-order valence-electron chi connectivity index (χ4n) is 1.67. The average Bonchev–Trinajstić information content (AvgIpc) is 2.81. The molecule has 1 atom stereocenters. The van der Waals surface area contributed by atoms with Gasteiger partial charge in [-0.05, 0) is 11.6 Å². The van der Waals surface area contributed by atoms with Gasteiger partial charge in [0, 0.05) is 10.8 Å². The summed E-state index contributed by atoms with van der Waals surface area (Å²) in [5.41, 5.74) is 8.12. The minimum absolute atomic E-state index is 0.0204. The zero-order valence-corrected chi connectivity index (χ0v) is 13.4. The van der Waals surface area contributed by atoms with Crippen LogP contribution >= 0.6 is 34.5 Å². The van der Waals surface area contributed by atoms with Gasteiger partial charge in [0.1, 0.15) is 5.01 Å². The summed E-state index contributed by atoms with van der Waals surface area (Å²) in [5, 5.41) is 3.92. The SMILES string of the molecule is CC(C)(C)c1csc(C(N)c2cccc(Cl)c2Cl)n1. The Labute approximate surface area is 127 Å². The quantitative estimate of drug-likeness (QED) is 0.865. The van der Waals surface area contributed by atoms with Gasteiger partial charge in [-0.2, -0.15) is 0 Å². The first-order chi connectivity index (χ1) is 8.80.